The van der Waals surface area contributed by atoms with Crippen molar-refractivity contribution in [2.24, 2.45) is 5.92 Å². The van der Waals surface area contributed by atoms with E-state index in [1.54, 1.807) is 47.6 Å². The summed E-state index contributed by atoms with van der Waals surface area (Å²) in [4.78, 5) is 28.4. The van der Waals surface area contributed by atoms with E-state index in [4.69, 9.17) is 19.2 Å². The molecule has 0 aliphatic carbocycles. The van der Waals surface area contributed by atoms with Gasteiger partial charge in [-0.3, -0.25) is 0 Å². The van der Waals surface area contributed by atoms with Gasteiger partial charge in [-0.05, 0) is 66.1 Å². The van der Waals surface area contributed by atoms with Crippen LogP contribution < -0.4 is 10.1 Å². The van der Waals surface area contributed by atoms with E-state index in [1.165, 1.54) is 13.2 Å². The lowest BCUT2D eigenvalue weighted by Gasteiger charge is -2.36. The third kappa shape index (κ3) is 8.78. The molecule has 0 saturated carbocycles. The zero-order chi connectivity index (χ0) is 36.0. The van der Waals surface area contributed by atoms with Gasteiger partial charge >= 0.3 is 6.09 Å². The number of likely N-dealkylation sites (tertiary alicyclic amines) is 1. The van der Waals surface area contributed by atoms with Crippen molar-refractivity contribution in [2.75, 3.05) is 37.9 Å². The molecule has 1 aliphatic heterocycles. The Bertz CT molecular complexity index is 2120. The number of anilines is 1. The minimum atomic E-state index is -3.64. The average Bonchev–Trinajstić information content (AvgIpc) is 3.12. The van der Waals surface area contributed by atoms with Gasteiger partial charge in [0.25, 0.3) is 0 Å². The van der Waals surface area contributed by atoms with Gasteiger partial charge in [0.1, 0.15) is 18.2 Å². The normalized spacial score (nSPS) is 16.2. The van der Waals surface area contributed by atoms with E-state index in [1.807, 2.05) is 43.3 Å². The highest BCUT2D eigenvalue weighted by Gasteiger charge is 2.29. The summed E-state index contributed by atoms with van der Waals surface area (Å²) in [5.41, 5.74) is 2.89. The highest BCUT2D eigenvalue weighted by atomic mass is 32.2. The van der Waals surface area contributed by atoms with Crippen LogP contribution in [0.5, 0.6) is 11.6 Å². The first-order chi connectivity index (χ1) is 24.6. The number of carbonyl (C=O) groups excluding carboxylic acids is 1. The first-order valence-electron chi connectivity index (χ1n) is 16.7. The molecule has 3 aromatic carbocycles. The molecule has 0 radical (unpaired) electrons. The molecule has 1 saturated heterocycles. The number of carbonyl (C=O) groups is 1. The first-order valence-corrected chi connectivity index (χ1v) is 18.5. The summed E-state index contributed by atoms with van der Waals surface area (Å²) in [5.74, 6) is -0.0141. The van der Waals surface area contributed by atoms with Crippen LogP contribution in [0.15, 0.2) is 85.2 Å². The van der Waals surface area contributed by atoms with E-state index >= 15 is 4.39 Å². The van der Waals surface area contributed by atoms with Gasteiger partial charge in [0.15, 0.2) is 9.84 Å². The second kappa shape index (κ2) is 15.8. The molecule has 0 spiro atoms. The van der Waals surface area contributed by atoms with Gasteiger partial charge in [-0.15, -0.1) is 0 Å². The molecule has 1 aliphatic rings. The third-order valence-electron chi connectivity index (χ3n) is 8.72. The summed E-state index contributed by atoms with van der Waals surface area (Å²) in [6.45, 7) is 5.20. The number of ether oxygens (including phenoxy) is 3. The van der Waals surface area contributed by atoms with Crippen molar-refractivity contribution in [3.8, 4) is 22.9 Å². The molecule has 1 amide bonds. The van der Waals surface area contributed by atoms with Gasteiger partial charge in [0, 0.05) is 49.6 Å². The molecule has 1 fully saturated rings. The number of amides is 1. The number of sulfone groups is 1. The van der Waals surface area contributed by atoms with E-state index in [-0.39, 0.29) is 48.5 Å². The number of hydrogen-bond donors (Lipinski definition) is 1. The van der Waals surface area contributed by atoms with Crippen LogP contribution in [0.2, 0.25) is 0 Å². The van der Waals surface area contributed by atoms with Gasteiger partial charge in [0.05, 0.1) is 29.4 Å². The Morgan fingerprint density at radius 2 is 1.78 bits per heavy atom. The van der Waals surface area contributed by atoms with E-state index in [2.05, 4.69) is 22.2 Å². The number of fused-ring (bicyclic) bond motifs is 1. The molecule has 1 N–H and O–H groups in total. The van der Waals surface area contributed by atoms with Crippen LogP contribution in [-0.4, -0.2) is 73.0 Å². The second-order valence-corrected chi connectivity index (χ2v) is 15.0. The lowest BCUT2D eigenvalue weighted by Crippen LogP contribution is -2.48. The van der Waals surface area contributed by atoms with Crippen LogP contribution >= 0.6 is 0 Å². The fourth-order valence-corrected chi connectivity index (χ4v) is 7.55. The molecular weight excluding hydrogens is 674 g/mol. The van der Waals surface area contributed by atoms with E-state index in [9.17, 15) is 13.2 Å². The third-order valence-corrected chi connectivity index (χ3v) is 10.2. The standard InChI is InChI=1S/C38H40FN5O6S/c1-25-20-28(22-44(21-25)38(45)49-23-27-8-5-4-6-9-27)42-37-41-17-15-34(43-37)31-10-7-16-40-36(31)50-35-26(2)11-12-29-30(35)13-14-33(39)32(29)24-51(46,47)19-18-48-3/h4-17,25,28H,18-24H2,1-3H3,(H,41,42,43)/t25-,28+/m1/s1. The van der Waals surface area contributed by atoms with Crippen molar-refractivity contribution < 1.29 is 31.8 Å². The second-order valence-electron chi connectivity index (χ2n) is 12.8. The zero-order valence-electron chi connectivity index (χ0n) is 28.7. The van der Waals surface area contributed by atoms with Crippen molar-refractivity contribution in [3.63, 3.8) is 0 Å². The Morgan fingerprint density at radius 3 is 2.59 bits per heavy atom. The topological polar surface area (TPSA) is 133 Å². The number of pyridine rings is 1. The average molecular weight is 714 g/mol. The maximum Gasteiger partial charge on any atom is 0.410 e. The first kappa shape index (κ1) is 35.7. The van der Waals surface area contributed by atoms with Crippen LogP contribution in [0.1, 0.15) is 30.0 Å². The molecule has 11 nitrogen and oxygen atoms in total. The fourth-order valence-electron chi connectivity index (χ4n) is 6.25. The number of hydrogen-bond acceptors (Lipinski definition) is 10. The molecule has 3 heterocycles. The maximum absolute atomic E-state index is 15.1. The molecule has 51 heavy (non-hydrogen) atoms. The maximum atomic E-state index is 15.1. The van der Waals surface area contributed by atoms with Gasteiger partial charge < -0.3 is 24.4 Å². The number of methoxy groups -OCH3 is 1. The number of aromatic nitrogens is 3. The van der Waals surface area contributed by atoms with Crippen LogP contribution in [0, 0.1) is 18.7 Å². The van der Waals surface area contributed by atoms with Crippen molar-refractivity contribution >= 4 is 32.7 Å². The quantitative estimate of drug-likeness (QED) is 0.145. The zero-order valence-corrected chi connectivity index (χ0v) is 29.5. The predicted molar refractivity (Wildman–Crippen MR) is 193 cm³/mol. The van der Waals surface area contributed by atoms with Gasteiger partial charge in [0.2, 0.25) is 11.8 Å². The number of piperidine rings is 1. The summed E-state index contributed by atoms with van der Waals surface area (Å²) in [5, 5.41) is 4.38. The number of nitrogens with one attached hydrogen (secondary N) is 1. The Labute approximate surface area is 296 Å². The lowest BCUT2D eigenvalue weighted by molar-refractivity contribution is 0.0783. The molecule has 0 bridgehead atoms. The van der Waals surface area contributed by atoms with E-state index < -0.39 is 21.4 Å². The summed E-state index contributed by atoms with van der Waals surface area (Å²) < 4.78 is 57.6. The fraction of sp³-hybridized carbons (Fsp3) is 0.316. The van der Waals surface area contributed by atoms with Crippen LogP contribution in [0.25, 0.3) is 22.0 Å². The van der Waals surface area contributed by atoms with Gasteiger partial charge in [-0.25, -0.2) is 32.6 Å². The number of halogens is 1. The summed E-state index contributed by atoms with van der Waals surface area (Å²) in [6.07, 6.45) is 3.69. The van der Waals surface area contributed by atoms with Crippen molar-refractivity contribution in [1.82, 2.24) is 19.9 Å². The molecule has 2 aromatic heterocycles. The number of nitrogens with zero attached hydrogens (tertiary/aromatic N) is 4. The smallest absolute Gasteiger partial charge is 0.410 e. The number of rotatable bonds is 12. The predicted octanol–water partition coefficient (Wildman–Crippen LogP) is 6.95. The Balaban J connectivity index is 1.22. The largest absolute Gasteiger partial charge is 0.445 e. The Hall–Kier alpha value is -5.14. The summed E-state index contributed by atoms with van der Waals surface area (Å²) >= 11 is 0. The SMILES string of the molecule is COCCS(=O)(=O)Cc1c(F)ccc2c(Oc3ncccc3-c3ccnc(N[C@H]4C[C@@H](C)CN(C(=O)OCc5ccccc5)C4)n3)c(C)ccc12. The van der Waals surface area contributed by atoms with Crippen LogP contribution in [-0.2, 0) is 31.7 Å². The van der Waals surface area contributed by atoms with Crippen molar-refractivity contribution in [3.05, 3.63) is 108 Å². The molecule has 6 rings (SSSR count). The minimum absolute atomic E-state index is 0.0208. The molecule has 266 valence electrons. The molecular formula is C38H40FN5O6S. The van der Waals surface area contributed by atoms with Gasteiger partial charge in [-0.1, -0.05) is 49.4 Å². The highest BCUT2D eigenvalue weighted by molar-refractivity contribution is 7.90. The lowest BCUT2D eigenvalue weighted by atomic mass is 9.96. The van der Waals surface area contributed by atoms with Crippen molar-refractivity contribution in [1.29, 1.82) is 0 Å². The number of aryl methyl sites for hydroxylation is 1. The highest BCUT2D eigenvalue weighted by Crippen LogP contribution is 2.38. The van der Waals surface area contributed by atoms with E-state index in [0.717, 1.165) is 17.5 Å². The summed E-state index contributed by atoms with van der Waals surface area (Å²) in [7, 11) is -2.22. The summed E-state index contributed by atoms with van der Waals surface area (Å²) in [6, 6.07) is 21.1. The molecule has 5 aromatic rings. The van der Waals surface area contributed by atoms with Crippen molar-refractivity contribution in [2.45, 2.75) is 38.7 Å². The Kier molecular flexibility index (Phi) is 11.1. The Morgan fingerprint density at radius 1 is 0.980 bits per heavy atom. The number of benzene rings is 3. The molecule has 2 atom stereocenters. The van der Waals surface area contributed by atoms with Gasteiger partial charge in [-0.2, -0.15) is 0 Å². The van der Waals surface area contributed by atoms with Crippen LogP contribution in [0.3, 0.4) is 0 Å². The van der Waals surface area contributed by atoms with Crippen LogP contribution in [0.4, 0.5) is 15.1 Å². The molecule has 0 unspecified atom stereocenters. The minimum Gasteiger partial charge on any atom is -0.445 e. The monoisotopic (exact) mass is 713 g/mol. The molecule has 13 heteroatoms. The van der Waals surface area contributed by atoms with E-state index in [0.29, 0.717) is 46.8 Å².